The standard InChI is InChI=1S/C27H29FN2O3/c28-26-9-5-4-8-25(26)27(31)30(15-14-29-16-18-32-19-17-29)20-22-10-12-24(13-11-22)33-21-23-6-2-1-3-7-23/h1-13H,14-21H2. The van der Waals surface area contributed by atoms with E-state index in [1.54, 1.807) is 23.1 Å². The molecule has 3 aromatic carbocycles. The predicted molar refractivity (Wildman–Crippen MR) is 126 cm³/mol. The van der Waals surface area contributed by atoms with Gasteiger partial charge in [0.1, 0.15) is 18.2 Å². The Morgan fingerprint density at radius 3 is 2.33 bits per heavy atom. The molecule has 33 heavy (non-hydrogen) atoms. The Hall–Kier alpha value is -3.22. The fourth-order valence-corrected chi connectivity index (χ4v) is 3.80. The number of carbonyl (C=O) groups excluding carboxylic acids is 1. The second-order valence-electron chi connectivity index (χ2n) is 8.08. The predicted octanol–water partition coefficient (Wildman–Crippen LogP) is 4.38. The van der Waals surface area contributed by atoms with Crippen molar-refractivity contribution < 1.29 is 18.7 Å². The van der Waals surface area contributed by atoms with E-state index in [1.165, 1.54) is 6.07 Å². The van der Waals surface area contributed by atoms with Gasteiger partial charge in [-0.15, -0.1) is 0 Å². The molecule has 0 aliphatic carbocycles. The zero-order valence-corrected chi connectivity index (χ0v) is 18.7. The van der Waals surface area contributed by atoms with E-state index in [0.717, 1.165) is 36.5 Å². The highest BCUT2D eigenvalue weighted by molar-refractivity contribution is 5.94. The highest BCUT2D eigenvalue weighted by Gasteiger charge is 2.21. The maximum absolute atomic E-state index is 14.3. The van der Waals surface area contributed by atoms with Crippen LogP contribution in [0.1, 0.15) is 21.5 Å². The summed E-state index contributed by atoms with van der Waals surface area (Å²) in [4.78, 5) is 17.2. The number of amides is 1. The van der Waals surface area contributed by atoms with Gasteiger partial charge in [-0.3, -0.25) is 9.69 Å². The highest BCUT2D eigenvalue weighted by atomic mass is 19.1. The molecule has 0 spiro atoms. The van der Waals surface area contributed by atoms with Crippen LogP contribution in [0.15, 0.2) is 78.9 Å². The first-order chi connectivity index (χ1) is 16.2. The van der Waals surface area contributed by atoms with Crippen molar-refractivity contribution >= 4 is 5.91 Å². The number of halogens is 1. The summed E-state index contributed by atoms with van der Waals surface area (Å²) >= 11 is 0. The Morgan fingerprint density at radius 2 is 1.61 bits per heavy atom. The number of hydrogen-bond acceptors (Lipinski definition) is 4. The molecule has 1 saturated heterocycles. The average Bonchev–Trinajstić information content (AvgIpc) is 2.87. The molecule has 0 bridgehead atoms. The van der Waals surface area contributed by atoms with Gasteiger partial charge < -0.3 is 14.4 Å². The molecule has 172 valence electrons. The first kappa shape index (κ1) is 23.0. The summed E-state index contributed by atoms with van der Waals surface area (Å²) in [7, 11) is 0. The molecule has 1 aliphatic rings. The van der Waals surface area contributed by atoms with E-state index in [-0.39, 0.29) is 11.5 Å². The number of rotatable bonds is 9. The van der Waals surface area contributed by atoms with E-state index in [1.807, 2.05) is 54.6 Å². The number of benzene rings is 3. The third-order valence-electron chi connectivity index (χ3n) is 5.73. The summed E-state index contributed by atoms with van der Waals surface area (Å²) < 4.78 is 25.6. The van der Waals surface area contributed by atoms with Gasteiger partial charge in [-0.1, -0.05) is 54.6 Å². The van der Waals surface area contributed by atoms with Crippen LogP contribution in [0.2, 0.25) is 0 Å². The lowest BCUT2D eigenvalue weighted by atomic mass is 10.1. The molecular formula is C27H29FN2O3. The summed E-state index contributed by atoms with van der Waals surface area (Å²) in [5, 5.41) is 0. The summed E-state index contributed by atoms with van der Waals surface area (Å²) in [6, 6.07) is 23.9. The Balaban J connectivity index is 1.42. The van der Waals surface area contributed by atoms with Crippen LogP contribution < -0.4 is 4.74 Å². The zero-order chi connectivity index (χ0) is 22.9. The van der Waals surface area contributed by atoms with Crippen molar-refractivity contribution in [2.45, 2.75) is 13.2 Å². The Labute approximate surface area is 194 Å². The van der Waals surface area contributed by atoms with Crippen LogP contribution in [-0.2, 0) is 17.9 Å². The van der Waals surface area contributed by atoms with Crippen LogP contribution in [0.4, 0.5) is 4.39 Å². The minimum Gasteiger partial charge on any atom is -0.489 e. The summed E-state index contributed by atoms with van der Waals surface area (Å²) in [5.41, 5.74) is 2.17. The Bertz CT molecular complexity index is 1020. The lowest BCUT2D eigenvalue weighted by molar-refractivity contribution is 0.0320. The summed E-state index contributed by atoms with van der Waals surface area (Å²) in [5.74, 6) is -0.0304. The minimum atomic E-state index is -0.497. The molecular weight excluding hydrogens is 419 g/mol. The van der Waals surface area contributed by atoms with Crippen molar-refractivity contribution in [3.8, 4) is 5.75 Å². The number of nitrogens with zero attached hydrogens (tertiary/aromatic N) is 2. The molecule has 1 heterocycles. The topological polar surface area (TPSA) is 42.0 Å². The molecule has 3 aromatic rings. The Morgan fingerprint density at radius 1 is 0.909 bits per heavy atom. The molecule has 6 heteroatoms. The molecule has 1 amide bonds. The van der Waals surface area contributed by atoms with E-state index in [0.29, 0.717) is 32.9 Å². The normalized spacial score (nSPS) is 14.1. The van der Waals surface area contributed by atoms with Crippen molar-refractivity contribution in [3.63, 3.8) is 0 Å². The van der Waals surface area contributed by atoms with Crippen molar-refractivity contribution in [3.05, 3.63) is 101 Å². The fraction of sp³-hybridized carbons (Fsp3) is 0.296. The van der Waals surface area contributed by atoms with Crippen LogP contribution in [0, 0.1) is 5.82 Å². The van der Waals surface area contributed by atoms with Crippen LogP contribution in [0.3, 0.4) is 0 Å². The van der Waals surface area contributed by atoms with Gasteiger partial charge in [0.15, 0.2) is 0 Å². The van der Waals surface area contributed by atoms with Crippen LogP contribution in [-0.4, -0.2) is 55.1 Å². The van der Waals surface area contributed by atoms with Gasteiger partial charge >= 0.3 is 0 Å². The molecule has 1 aliphatic heterocycles. The smallest absolute Gasteiger partial charge is 0.257 e. The highest BCUT2D eigenvalue weighted by Crippen LogP contribution is 2.18. The molecule has 0 unspecified atom stereocenters. The lowest BCUT2D eigenvalue weighted by Crippen LogP contribution is -2.43. The molecule has 1 fully saturated rings. The monoisotopic (exact) mass is 448 g/mol. The second-order valence-corrected chi connectivity index (χ2v) is 8.08. The van der Waals surface area contributed by atoms with Gasteiger partial charge in [0.2, 0.25) is 0 Å². The van der Waals surface area contributed by atoms with E-state index >= 15 is 0 Å². The van der Waals surface area contributed by atoms with Gasteiger partial charge in [-0.05, 0) is 35.4 Å². The second kappa shape index (κ2) is 11.6. The summed E-state index contributed by atoms with van der Waals surface area (Å²) in [6.45, 7) is 5.22. The first-order valence-corrected chi connectivity index (χ1v) is 11.3. The van der Waals surface area contributed by atoms with Gasteiger partial charge in [0.05, 0.1) is 18.8 Å². The number of carbonyl (C=O) groups is 1. The van der Waals surface area contributed by atoms with Crippen LogP contribution >= 0.6 is 0 Å². The van der Waals surface area contributed by atoms with Gasteiger partial charge in [0, 0.05) is 32.7 Å². The molecule has 0 saturated carbocycles. The van der Waals surface area contributed by atoms with Crippen molar-refractivity contribution in [1.82, 2.24) is 9.80 Å². The van der Waals surface area contributed by atoms with E-state index in [2.05, 4.69) is 4.90 Å². The van der Waals surface area contributed by atoms with E-state index < -0.39 is 5.82 Å². The average molecular weight is 449 g/mol. The van der Waals surface area contributed by atoms with E-state index in [9.17, 15) is 9.18 Å². The number of hydrogen-bond donors (Lipinski definition) is 0. The SMILES string of the molecule is O=C(c1ccccc1F)N(CCN1CCOCC1)Cc1ccc(OCc2ccccc2)cc1. The van der Waals surface area contributed by atoms with Crippen molar-refractivity contribution in [2.75, 3.05) is 39.4 Å². The number of morpholine rings is 1. The van der Waals surface area contributed by atoms with E-state index in [4.69, 9.17) is 9.47 Å². The number of ether oxygens (including phenoxy) is 2. The molecule has 0 N–H and O–H groups in total. The third-order valence-corrected chi connectivity index (χ3v) is 5.73. The molecule has 0 aromatic heterocycles. The van der Waals surface area contributed by atoms with Crippen LogP contribution in [0.25, 0.3) is 0 Å². The first-order valence-electron chi connectivity index (χ1n) is 11.3. The maximum atomic E-state index is 14.3. The molecule has 0 atom stereocenters. The Kier molecular flexibility index (Phi) is 8.06. The molecule has 0 radical (unpaired) electrons. The van der Waals surface area contributed by atoms with Crippen molar-refractivity contribution in [1.29, 1.82) is 0 Å². The van der Waals surface area contributed by atoms with Gasteiger partial charge in [-0.2, -0.15) is 0 Å². The molecule has 4 rings (SSSR count). The van der Waals surface area contributed by atoms with Crippen LogP contribution in [0.5, 0.6) is 5.75 Å². The third kappa shape index (κ3) is 6.63. The largest absolute Gasteiger partial charge is 0.489 e. The van der Waals surface area contributed by atoms with Gasteiger partial charge in [-0.25, -0.2) is 4.39 Å². The lowest BCUT2D eigenvalue weighted by Gasteiger charge is -2.30. The minimum absolute atomic E-state index is 0.0993. The zero-order valence-electron chi connectivity index (χ0n) is 18.7. The van der Waals surface area contributed by atoms with Crippen molar-refractivity contribution in [2.24, 2.45) is 0 Å². The quantitative estimate of drug-likeness (QED) is 0.487. The maximum Gasteiger partial charge on any atom is 0.257 e. The van der Waals surface area contributed by atoms with Gasteiger partial charge in [0.25, 0.3) is 5.91 Å². The summed E-state index contributed by atoms with van der Waals surface area (Å²) in [6.07, 6.45) is 0. The molecule has 5 nitrogen and oxygen atoms in total. The fourth-order valence-electron chi connectivity index (χ4n) is 3.80.